The fourth-order valence-electron chi connectivity index (χ4n) is 3.72. The predicted molar refractivity (Wildman–Crippen MR) is 91.2 cm³/mol. The number of amides is 1. The molecule has 126 valence electrons. The summed E-state index contributed by atoms with van der Waals surface area (Å²) in [6.07, 6.45) is 4.00. The van der Waals surface area contributed by atoms with Crippen molar-refractivity contribution in [2.45, 2.75) is 32.2 Å². The summed E-state index contributed by atoms with van der Waals surface area (Å²) in [6, 6.07) is 8.51. The number of fused-ring (bicyclic) bond motifs is 1. The maximum Gasteiger partial charge on any atom is 0.223 e. The number of rotatable bonds is 5. The molecule has 0 spiro atoms. The number of nitrogens with zero attached hydrogens (tertiary/aromatic N) is 2. The second-order valence-electron chi connectivity index (χ2n) is 6.82. The van der Waals surface area contributed by atoms with Crippen molar-refractivity contribution in [3.63, 3.8) is 0 Å². The van der Waals surface area contributed by atoms with Gasteiger partial charge in [-0.25, -0.2) is 0 Å². The minimum absolute atomic E-state index is 0.342. The van der Waals surface area contributed by atoms with E-state index < -0.39 is 0 Å². The van der Waals surface area contributed by atoms with Crippen molar-refractivity contribution < 1.29 is 9.53 Å². The van der Waals surface area contributed by atoms with E-state index in [2.05, 4.69) is 34.1 Å². The maximum absolute atomic E-state index is 12.6. The topological polar surface area (TPSA) is 32.8 Å². The molecule has 0 bridgehead atoms. The van der Waals surface area contributed by atoms with E-state index in [9.17, 15) is 4.79 Å². The summed E-state index contributed by atoms with van der Waals surface area (Å²) >= 11 is 0. The van der Waals surface area contributed by atoms with Crippen molar-refractivity contribution in [3.05, 3.63) is 35.4 Å². The Bertz CT molecular complexity index is 524. The molecule has 0 atom stereocenters. The Hall–Kier alpha value is -1.39. The molecule has 0 N–H and O–H groups in total. The first kappa shape index (κ1) is 16.5. The lowest BCUT2D eigenvalue weighted by Crippen LogP contribution is -2.40. The van der Waals surface area contributed by atoms with E-state index in [-0.39, 0.29) is 0 Å². The zero-order valence-corrected chi connectivity index (χ0v) is 14.2. The Morgan fingerprint density at radius 2 is 1.91 bits per heavy atom. The molecule has 1 fully saturated rings. The van der Waals surface area contributed by atoms with Crippen LogP contribution in [0.4, 0.5) is 0 Å². The number of methoxy groups -OCH3 is 1. The first-order valence-electron chi connectivity index (χ1n) is 8.82. The molecule has 4 nitrogen and oxygen atoms in total. The van der Waals surface area contributed by atoms with Crippen LogP contribution in [-0.2, 0) is 22.5 Å². The molecule has 23 heavy (non-hydrogen) atoms. The molecule has 1 amide bonds. The fraction of sp³-hybridized carbons (Fsp3) is 0.632. The number of carbonyl (C=O) groups excluding carboxylic acids is 1. The van der Waals surface area contributed by atoms with Crippen molar-refractivity contribution in [1.29, 1.82) is 0 Å². The molecular weight excluding hydrogens is 288 g/mol. The van der Waals surface area contributed by atoms with Crippen molar-refractivity contribution in [3.8, 4) is 0 Å². The van der Waals surface area contributed by atoms with Gasteiger partial charge in [0, 0.05) is 33.2 Å². The van der Waals surface area contributed by atoms with Crippen molar-refractivity contribution >= 4 is 5.91 Å². The first-order valence-corrected chi connectivity index (χ1v) is 8.82. The van der Waals surface area contributed by atoms with E-state index in [0.717, 1.165) is 65.0 Å². The second-order valence-corrected chi connectivity index (χ2v) is 6.82. The number of hydrogen-bond donors (Lipinski definition) is 0. The number of carbonyl (C=O) groups is 1. The summed E-state index contributed by atoms with van der Waals surface area (Å²) < 4.78 is 5.14. The lowest BCUT2D eigenvalue weighted by molar-refractivity contribution is -0.133. The molecule has 0 aliphatic carbocycles. The minimum atomic E-state index is 0.342. The molecule has 1 saturated heterocycles. The van der Waals surface area contributed by atoms with Gasteiger partial charge in [0.05, 0.1) is 6.61 Å². The Kier molecular flexibility index (Phi) is 5.68. The Morgan fingerprint density at radius 1 is 1.17 bits per heavy atom. The Balaban J connectivity index is 1.45. The highest BCUT2D eigenvalue weighted by molar-refractivity contribution is 5.76. The van der Waals surface area contributed by atoms with Crippen LogP contribution in [0.15, 0.2) is 24.3 Å². The third-order valence-electron chi connectivity index (χ3n) is 5.27. The summed E-state index contributed by atoms with van der Waals surface area (Å²) in [5.74, 6) is 0.897. The van der Waals surface area contributed by atoms with Gasteiger partial charge in [-0.1, -0.05) is 24.3 Å². The van der Waals surface area contributed by atoms with Gasteiger partial charge in [-0.3, -0.25) is 4.79 Å². The highest BCUT2D eigenvalue weighted by atomic mass is 16.5. The molecule has 2 aliphatic heterocycles. The van der Waals surface area contributed by atoms with Crippen LogP contribution in [0.25, 0.3) is 0 Å². The highest BCUT2D eigenvalue weighted by Gasteiger charge is 2.25. The number of ether oxygens (including phenoxy) is 1. The van der Waals surface area contributed by atoms with Gasteiger partial charge in [0.1, 0.15) is 0 Å². The second kappa shape index (κ2) is 7.93. The van der Waals surface area contributed by atoms with Crippen LogP contribution in [0, 0.1) is 5.92 Å². The molecular formula is C19H28N2O2. The van der Waals surface area contributed by atoms with E-state index in [1.54, 1.807) is 7.11 Å². The number of benzene rings is 1. The number of piperidine rings is 1. The summed E-state index contributed by atoms with van der Waals surface area (Å²) in [5, 5.41) is 0. The fourth-order valence-corrected chi connectivity index (χ4v) is 3.72. The molecule has 0 unspecified atom stereocenters. The number of hydrogen-bond acceptors (Lipinski definition) is 3. The van der Waals surface area contributed by atoms with Gasteiger partial charge in [-0.15, -0.1) is 0 Å². The quantitative estimate of drug-likeness (QED) is 0.836. The van der Waals surface area contributed by atoms with Gasteiger partial charge in [0.25, 0.3) is 0 Å². The van der Waals surface area contributed by atoms with E-state index in [4.69, 9.17) is 4.74 Å². The summed E-state index contributed by atoms with van der Waals surface area (Å²) in [5.41, 5.74) is 2.73. The third-order valence-corrected chi connectivity index (χ3v) is 5.27. The molecule has 3 rings (SSSR count). The SMILES string of the molecule is COCCN1CCC(CC(=O)N2CCc3ccccc3C2)CC1. The van der Waals surface area contributed by atoms with Crippen LogP contribution in [0.1, 0.15) is 30.4 Å². The van der Waals surface area contributed by atoms with Crippen molar-refractivity contribution in [2.24, 2.45) is 5.92 Å². The maximum atomic E-state index is 12.6. The van der Waals surface area contributed by atoms with Gasteiger partial charge in [-0.2, -0.15) is 0 Å². The van der Waals surface area contributed by atoms with E-state index >= 15 is 0 Å². The van der Waals surface area contributed by atoms with Gasteiger partial charge in [0.15, 0.2) is 0 Å². The van der Waals surface area contributed by atoms with Crippen LogP contribution in [0.2, 0.25) is 0 Å². The van der Waals surface area contributed by atoms with Crippen molar-refractivity contribution in [2.75, 3.05) is 39.9 Å². The molecule has 1 aromatic carbocycles. The van der Waals surface area contributed by atoms with E-state index in [0.29, 0.717) is 11.8 Å². The Morgan fingerprint density at radius 3 is 2.65 bits per heavy atom. The summed E-state index contributed by atoms with van der Waals surface area (Å²) in [7, 11) is 1.75. The minimum Gasteiger partial charge on any atom is -0.383 e. The average Bonchev–Trinajstić information content (AvgIpc) is 2.60. The first-order chi connectivity index (χ1) is 11.3. The molecule has 1 aromatic rings. The van der Waals surface area contributed by atoms with Gasteiger partial charge >= 0.3 is 0 Å². The van der Waals surface area contributed by atoms with E-state index in [1.807, 2.05) is 0 Å². The van der Waals surface area contributed by atoms with Crippen LogP contribution < -0.4 is 0 Å². The lowest BCUT2D eigenvalue weighted by atomic mass is 9.92. The summed E-state index contributed by atoms with van der Waals surface area (Å²) in [6.45, 7) is 5.69. The van der Waals surface area contributed by atoms with Crippen LogP contribution in [0.3, 0.4) is 0 Å². The molecule has 2 aliphatic rings. The van der Waals surface area contributed by atoms with Crippen LogP contribution in [-0.4, -0.2) is 55.6 Å². The molecule has 0 saturated carbocycles. The lowest BCUT2D eigenvalue weighted by Gasteiger charge is -2.34. The largest absolute Gasteiger partial charge is 0.383 e. The summed E-state index contributed by atoms with van der Waals surface area (Å²) in [4.78, 5) is 17.1. The molecule has 0 aromatic heterocycles. The number of likely N-dealkylation sites (tertiary alicyclic amines) is 1. The van der Waals surface area contributed by atoms with E-state index in [1.165, 1.54) is 11.1 Å². The average molecular weight is 316 g/mol. The smallest absolute Gasteiger partial charge is 0.223 e. The molecule has 0 radical (unpaired) electrons. The zero-order chi connectivity index (χ0) is 16.1. The highest BCUT2D eigenvalue weighted by Crippen LogP contribution is 2.24. The van der Waals surface area contributed by atoms with Gasteiger partial charge < -0.3 is 14.5 Å². The predicted octanol–water partition coefficient (Wildman–Crippen LogP) is 2.32. The molecule has 4 heteroatoms. The van der Waals surface area contributed by atoms with Gasteiger partial charge in [0.2, 0.25) is 5.91 Å². The van der Waals surface area contributed by atoms with Crippen LogP contribution in [0.5, 0.6) is 0 Å². The van der Waals surface area contributed by atoms with Crippen LogP contribution >= 0.6 is 0 Å². The third kappa shape index (κ3) is 4.33. The zero-order valence-electron chi connectivity index (χ0n) is 14.2. The van der Waals surface area contributed by atoms with Crippen molar-refractivity contribution in [1.82, 2.24) is 9.80 Å². The standard InChI is InChI=1S/C19H28N2O2/c1-23-13-12-20-9-6-16(7-10-20)14-19(22)21-11-8-17-4-2-3-5-18(17)15-21/h2-5,16H,6-15H2,1H3. The molecule has 2 heterocycles. The van der Waals surface area contributed by atoms with Gasteiger partial charge in [-0.05, 0) is 49.4 Å². The normalized spacial score (nSPS) is 19.6. The monoisotopic (exact) mass is 316 g/mol. The Labute approximate surface area is 139 Å².